The molecule has 0 fully saturated rings. The van der Waals surface area contributed by atoms with Crippen LogP contribution in [0.2, 0.25) is 0 Å². The standard InChI is InChI=1S/C15H34N2O/c1-9-15(7,10-16-13(2,3)4)12-17(8)11-14(5,6)18/h16,18H,9-12H2,1-8H3. The molecule has 0 heterocycles. The fourth-order valence-electron chi connectivity index (χ4n) is 2.14. The third-order valence-electron chi connectivity index (χ3n) is 3.21. The average molecular weight is 258 g/mol. The Hall–Kier alpha value is -0.120. The van der Waals surface area contributed by atoms with E-state index in [1.165, 1.54) is 0 Å². The summed E-state index contributed by atoms with van der Waals surface area (Å²) in [5.41, 5.74) is -0.223. The highest BCUT2D eigenvalue weighted by molar-refractivity contribution is 4.84. The molecule has 1 atom stereocenters. The van der Waals surface area contributed by atoms with Gasteiger partial charge in [-0.25, -0.2) is 0 Å². The molecule has 0 spiro atoms. The van der Waals surface area contributed by atoms with Gasteiger partial charge >= 0.3 is 0 Å². The van der Waals surface area contributed by atoms with E-state index in [4.69, 9.17) is 0 Å². The fourth-order valence-corrected chi connectivity index (χ4v) is 2.14. The first-order valence-electron chi connectivity index (χ1n) is 7.03. The molecule has 0 bridgehead atoms. The summed E-state index contributed by atoms with van der Waals surface area (Å²) in [4.78, 5) is 2.23. The van der Waals surface area contributed by atoms with Gasteiger partial charge in [0.05, 0.1) is 5.60 Å². The fraction of sp³-hybridized carbons (Fsp3) is 1.00. The molecule has 0 saturated carbocycles. The Balaban J connectivity index is 4.38. The van der Waals surface area contributed by atoms with Crippen LogP contribution >= 0.6 is 0 Å². The van der Waals surface area contributed by atoms with Crippen molar-refractivity contribution in [2.45, 2.75) is 66.0 Å². The lowest BCUT2D eigenvalue weighted by Gasteiger charge is -2.37. The molecular formula is C15H34N2O. The van der Waals surface area contributed by atoms with E-state index in [-0.39, 0.29) is 11.0 Å². The molecule has 0 aliphatic heterocycles. The predicted octanol–water partition coefficient (Wildman–Crippen LogP) is 2.49. The second kappa shape index (κ2) is 6.36. The molecule has 0 amide bonds. The Morgan fingerprint density at radius 1 is 1.00 bits per heavy atom. The van der Waals surface area contributed by atoms with Crippen LogP contribution in [-0.2, 0) is 0 Å². The van der Waals surface area contributed by atoms with Crippen molar-refractivity contribution < 1.29 is 5.11 Å². The SMILES string of the molecule is CCC(C)(CNC(C)(C)C)CN(C)CC(C)(C)O. The zero-order valence-electron chi connectivity index (χ0n) is 13.7. The third-order valence-corrected chi connectivity index (χ3v) is 3.21. The highest BCUT2D eigenvalue weighted by atomic mass is 16.3. The van der Waals surface area contributed by atoms with E-state index in [2.05, 4.69) is 51.9 Å². The van der Waals surface area contributed by atoms with Crippen LogP contribution in [0.3, 0.4) is 0 Å². The third kappa shape index (κ3) is 8.90. The maximum absolute atomic E-state index is 9.86. The quantitative estimate of drug-likeness (QED) is 0.736. The zero-order chi connectivity index (χ0) is 14.6. The first-order chi connectivity index (χ1) is 7.87. The molecule has 0 rings (SSSR count). The minimum atomic E-state index is -0.624. The van der Waals surface area contributed by atoms with Crippen molar-refractivity contribution in [2.75, 3.05) is 26.7 Å². The number of likely N-dealkylation sites (N-methyl/N-ethyl adjacent to an activating group) is 1. The van der Waals surface area contributed by atoms with Crippen LogP contribution in [0.1, 0.15) is 54.9 Å². The molecule has 1 unspecified atom stereocenters. The highest BCUT2D eigenvalue weighted by Gasteiger charge is 2.27. The lowest BCUT2D eigenvalue weighted by molar-refractivity contribution is 0.0307. The Kier molecular flexibility index (Phi) is 6.31. The second-order valence-electron chi connectivity index (χ2n) is 7.75. The molecule has 18 heavy (non-hydrogen) atoms. The van der Waals surface area contributed by atoms with Gasteiger partial charge in [0.25, 0.3) is 0 Å². The van der Waals surface area contributed by atoms with Crippen LogP contribution in [0.5, 0.6) is 0 Å². The van der Waals surface area contributed by atoms with Crippen molar-refractivity contribution in [3.05, 3.63) is 0 Å². The normalized spacial score (nSPS) is 17.0. The van der Waals surface area contributed by atoms with Crippen LogP contribution in [-0.4, -0.2) is 47.8 Å². The van der Waals surface area contributed by atoms with Crippen molar-refractivity contribution in [1.82, 2.24) is 10.2 Å². The molecule has 0 radical (unpaired) electrons. The Bertz CT molecular complexity index is 240. The van der Waals surface area contributed by atoms with Crippen molar-refractivity contribution in [2.24, 2.45) is 5.41 Å². The number of nitrogens with one attached hydrogen (secondary N) is 1. The Labute approximate surface area is 114 Å². The monoisotopic (exact) mass is 258 g/mol. The molecule has 0 aromatic carbocycles. The van der Waals surface area contributed by atoms with E-state index in [9.17, 15) is 5.11 Å². The van der Waals surface area contributed by atoms with Crippen LogP contribution in [0.15, 0.2) is 0 Å². The summed E-state index contributed by atoms with van der Waals surface area (Å²) in [6, 6.07) is 0. The van der Waals surface area contributed by atoms with Gasteiger partial charge in [0.1, 0.15) is 0 Å². The van der Waals surface area contributed by atoms with Crippen LogP contribution in [0, 0.1) is 5.41 Å². The van der Waals surface area contributed by atoms with E-state index < -0.39 is 5.60 Å². The lowest BCUT2D eigenvalue weighted by atomic mass is 9.85. The average Bonchev–Trinajstić information content (AvgIpc) is 2.10. The van der Waals surface area contributed by atoms with Crippen molar-refractivity contribution in [3.63, 3.8) is 0 Å². The molecular weight excluding hydrogens is 224 g/mol. The van der Waals surface area contributed by atoms with E-state index in [0.29, 0.717) is 6.54 Å². The van der Waals surface area contributed by atoms with Crippen molar-refractivity contribution >= 4 is 0 Å². The summed E-state index contributed by atoms with van der Waals surface area (Å²) in [5, 5.41) is 13.5. The number of nitrogens with zero attached hydrogens (tertiary/aromatic N) is 1. The van der Waals surface area contributed by atoms with Gasteiger partial charge in [0.15, 0.2) is 0 Å². The topological polar surface area (TPSA) is 35.5 Å². The summed E-state index contributed by atoms with van der Waals surface area (Å²) < 4.78 is 0. The number of hydrogen-bond acceptors (Lipinski definition) is 3. The summed E-state index contributed by atoms with van der Waals surface area (Å²) in [5.74, 6) is 0. The van der Waals surface area contributed by atoms with Crippen LogP contribution in [0.25, 0.3) is 0 Å². The van der Waals surface area contributed by atoms with E-state index in [1.54, 1.807) is 0 Å². The van der Waals surface area contributed by atoms with Crippen LogP contribution in [0.4, 0.5) is 0 Å². The number of aliphatic hydroxyl groups is 1. The van der Waals surface area contributed by atoms with Crippen molar-refractivity contribution in [3.8, 4) is 0 Å². The van der Waals surface area contributed by atoms with Gasteiger partial charge in [0, 0.05) is 25.2 Å². The maximum Gasteiger partial charge on any atom is 0.0718 e. The number of rotatable bonds is 7. The molecule has 0 aliphatic rings. The van der Waals surface area contributed by atoms with Crippen LogP contribution < -0.4 is 5.32 Å². The minimum Gasteiger partial charge on any atom is -0.389 e. The van der Waals surface area contributed by atoms with Gasteiger partial charge in [-0.15, -0.1) is 0 Å². The Morgan fingerprint density at radius 2 is 1.50 bits per heavy atom. The van der Waals surface area contributed by atoms with Gasteiger partial charge < -0.3 is 15.3 Å². The van der Waals surface area contributed by atoms with Gasteiger partial charge in [-0.2, -0.15) is 0 Å². The zero-order valence-corrected chi connectivity index (χ0v) is 13.7. The summed E-state index contributed by atoms with van der Waals surface area (Å²) >= 11 is 0. The molecule has 0 aliphatic carbocycles. The smallest absolute Gasteiger partial charge is 0.0718 e. The van der Waals surface area contributed by atoms with Gasteiger partial charge in [0.2, 0.25) is 0 Å². The second-order valence-corrected chi connectivity index (χ2v) is 7.75. The van der Waals surface area contributed by atoms with E-state index in [1.807, 2.05) is 13.8 Å². The van der Waals surface area contributed by atoms with E-state index in [0.717, 1.165) is 19.5 Å². The highest BCUT2D eigenvalue weighted by Crippen LogP contribution is 2.23. The molecule has 2 N–H and O–H groups in total. The molecule has 110 valence electrons. The van der Waals surface area contributed by atoms with E-state index >= 15 is 0 Å². The summed E-state index contributed by atoms with van der Waals surface area (Å²) in [6.45, 7) is 17.6. The summed E-state index contributed by atoms with van der Waals surface area (Å²) in [7, 11) is 2.09. The predicted molar refractivity (Wildman–Crippen MR) is 79.9 cm³/mol. The number of hydrogen-bond donors (Lipinski definition) is 2. The molecule has 3 heteroatoms. The van der Waals surface area contributed by atoms with Gasteiger partial charge in [-0.1, -0.05) is 13.8 Å². The lowest BCUT2D eigenvalue weighted by Crippen LogP contribution is -2.48. The van der Waals surface area contributed by atoms with Gasteiger partial charge in [-0.3, -0.25) is 0 Å². The summed E-state index contributed by atoms with van der Waals surface area (Å²) in [6.07, 6.45) is 1.13. The first-order valence-corrected chi connectivity index (χ1v) is 7.03. The molecule has 0 aromatic rings. The molecule has 0 aromatic heterocycles. The largest absolute Gasteiger partial charge is 0.389 e. The minimum absolute atomic E-state index is 0.158. The van der Waals surface area contributed by atoms with Gasteiger partial charge in [-0.05, 0) is 53.5 Å². The van der Waals surface area contributed by atoms with Crippen molar-refractivity contribution in [1.29, 1.82) is 0 Å². The maximum atomic E-state index is 9.86. The molecule has 0 saturated heterocycles. The molecule has 3 nitrogen and oxygen atoms in total. The first kappa shape index (κ1) is 17.9. The Morgan fingerprint density at radius 3 is 1.83 bits per heavy atom.